The number of benzene rings is 1. The minimum Gasteiger partial charge on any atom is -0.479 e. The van der Waals surface area contributed by atoms with Crippen LogP contribution in [0.15, 0.2) is 30.5 Å². The number of nitrogens with zero attached hydrogens (tertiary/aromatic N) is 2. The summed E-state index contributed by atoms with van der Waals surface area (Å²) in [5.41, 5.74) is 1.85. The minimum absolute atomic E-state index is 0.388. The Hall–Kier alpha value is -2.28. The van der Waals surface area contributed by atoms with Crippen LogP contribution in [0.1, 0.15) is 28.0 Å². The topological polar surface area (TPSA) is 84.2 Å². The van der Waals surface area contributed by atoms with E-state index in [-0.39, 0.29) is 0 Å². The van der Waals surface area contributed by atoms with Gasteiger partial charge in [0.2, 0.25) is 0 Å². The Morgan fingerprint density at radius 2 is 2.08 bits per heavy atom. The van der Waals surface area contributed by atoms with Gasteiger partial charge in [0.25, 0.3) is 5.91 Å². The third-order valence-electron chi connectivity index (χ3n) is 4.38. The Morgan fingerprint density at radius 3 is 2.71 bits per heavy atom. The van der Waals surface area contributed by atoms with Crippen LogP contribution in [0.4, 0.5) is 0 Å². The number of hydrogen-bond acceptors (Lipinski definition) is 4. The fraction of sp³-hybridized carbons (Fsp3) is 0.353. The van der Waals surface area contributed by atoms with Crippen molar-refractivity contribution in [1.29, 1.82) is 0 Å². The molecule has 7 heteroatoms. The largest absolute Gasteiger partial charge is 0.479 e. The lowest BCUT2D eigenvalue weighted by Gasteiger charge is -2.24. The molecule has 0 aliphatic carbocycles. The molecule has 2 aromatic rings. The SMILES string of the molecule is Cc1ccccc1-n1ncc(C(=O)NC2(C(=O)O)CCSC2)c1C. The number of aliphatic carboxylic acids is 1. The fourth-order valence-electron chi connectivity index (χ4n) is 2.85. The first kappa shape index (κ1) is 16.6. The van der Waals surface area contributed by atoms with E-state index < -0.39 is 17.4 Å². The predicted octanol–water partition coefficient (Wildman–Crippen LogP) is 2.18. The first-order valence-corrected chi connectivity index (χ1v) is 8.84. The molecule has 1 saturated heterocycles. The molecule has 126 valence electrons. The van der Waals surface area contributed by atoms with Gasteiger partial charge in [-0.05, 0) is 37.7 Å². The summed E-state index contributed by atoms with van der Waals surface area (Å²) in [6.45, 7) is 3.79. The van der Waals surface area contributed by atoms with E-state index in [9.17, 15) is 14.7 Å². The second kappa shape index (κ2) is 6.32. The number of carboxylic acid groups (broad SMARTS) is 1. The first-order valence-electron chi connectivity index (χ1n) is 7.69. The number of thioether (sulfide) groups is 1. The van der Waals surface area contributed by atoms with Gasteiger partial charge in [-0.15, -0.1) is 0 Å². The molecule has 1 aliphatic rings. The van der Waals surface area contributed by atoms with Gasteiger partial charge in [-0.3, -0.25) is 4.79 Å². The number of aromatic nitrogens is 2. The van der Waals surface area contributed by atoms with Gasteiger partial charge in [-0.2, -0.15) is 16.9 Å². The van der Waals surface area contributed by atoms with E-state index in [1.54, 1.807) is 4.68 Å². The lowest BCUT2D eigenvalue weighted by molar-refractivity contribution is -0.143. The fourth-order valence-corrected chi connectivity index (χ4v) is 4.17. The summed E-state index contributed by atoms with van der Waals surface area (Å²) in [6, 6.07) is 7.77. The summed E-state index contributed by atoms with van der Waals surface area (Å²) in [7, 11) is 0. The molecule has 1 aliphatic heterocycles. The molecule has 1 aromatic heterocycles. The van der Waals surface area contributed by atoms with Crippen molar-refractivity contribution < 1.29 is 14.7 Å². The Morgan fingerprint density at radius 1 is 1.33 bits per heavy atom. The Labute approximate surface area is 144 Å². The molecule has 1 unspecified atom stereocenters. The van der Waals surface area contributed by atoms with Gasteiger partial charge in [-0.25, -0.2) is 9.48 Å². The number of carbonyl (C=O) groups is 2. The highest BCUT2D eigenvalue weighted by molar-refractivity contribution is 7.99. The van der Waals surface area contributed by atoms with Crippen LogP contribution in [0.25, 0.3) is 5.69 Å². The molecule has 0 bridgehead atoms. The monoisotopic (exact) mass is 345 g/mol. The van der Waals surface area contributed by atoms with Crippen LogP contribution in [-0.2, 0) is 4.79 Å². The van der Waals surface area contributed by atoms with Crippen molar-refractivity contribution in [3.63, 3.8) is 0 Å². The van der Waals surface area contributed by atoms with E-state index in [4.69, 9.17) is 0 Å². The third kappa shape index (κ3) is 2.80. The second-order valence-corrected chi connectivity index (χ2v) is 7.09. The van der Waals surface area contributed by atoms with E-state index in [0.717, 1.165) is 17.0 Å². The number of aryl methyl sites for hydroxylation is 1. The molecule has 2 heterocycles. The van der Waals surface area contributed by atoms with Crippen molar-refractivity contribution in [2.75, 3.05) is 11.5 Å². The highest BCUT2D eigenvalue weighted by Gasteiger charge is 2.43. The van der Waals surface area contributed by atoms with Gasteiger partial charge in [0.15, 0.2) is 0 Å². The van der Waals surface area contributed by atoms with Crippen molar-refractivity contribution in [3.8, 4) is 5.69 Å². The van der Waals surface area contributed by atoms with Crippen LogP contribution < -0.4 is 5.32 Å². The van der Waals surface area contributed by atoms with Gasteiger partial charge in [-0.1, -0.05) is 18.2 Å². The normalized spacial score (nSPS) is 20.1. The zero-order valence-corrected chi connectivity index (χ0v) is 14.4. The smallest absolute Gasteiger partial charge is 0.330 e. The quantitative estimate of drug-likeness (QED) is 0.887. The Balaban J connectivity index is 1.90. The van der Waals surface area contributed by atoms with Crippen molar-refractivity contribution in [1.82, 2.24) is 15.1 Å². The minimum atomic E-state index is -1.18. The van der Waals surface area contributed by atoms with Crippen LogP contribution in [0.5, 0.6) is 0 Å². The second-order valence-electron chi connectivity index (χ2n) is 5.99. The summed E-state index contributed by atoms with van der Waals surface area (Å²) < 4.78 is 1.71. The zero-order chi connectivity index (χ0) is 17.3. The molecular weight excluding hydrogens is 326 g/mol. The average Bonchev–Trinajstić information content (AvgIpc) is 3.16. The molecule has 0 radical (unpaired) electrons. The first-order chi connectivity index (χ1) is 11.4. The van der Waals surface area contributed by atoms with E-state index >= 15 is 0 Å². The van der Waals surface area contributed by atoms with Crippen molar-refractivity contribution in [2.24, 2.45) is 0 Å². The molecule has 1 fully saturated rings. The standard InChI is InChI=1S/C17H19N3O3S/c1-11-5-3-4-6-14(11)20-12(2)13(9-18-20)15(21)19-17(16(22)23)7-8-24-10-17/h3-6,9H,7-8,10H2,1-2H3,(H,19,21)(H,22,23). The molecule has 1 atom stereocenters. The number of rotatable bonds is 4. The number of hydrogen-bond donors (Lipinski definition) is 2. The van der Waals surface area contributed by atoms with Gasteiger partial charge < -0.3 is 10.4 Å². The Kier molecular flexibility index (Phi) is 4.36. The molecule has 3 rings (SSSR count). The number of carboxylic acids is 1. The number of amides is 1. The predicted molar refractivity (Wildman–Crippen MR) is 92.8 cm³/mol. The lowest BCUT2D eigenvalue weighted by atomic mass is 9.98. The highest BCUT2D eigenvalue weighted by Crippen LogP contribution is 2.29. The van der Waals surface area contributed by atoms with Crippen LogP contribution in [0, 0.1) is 13.8 Å². The van der Waals surface area contributed by atoms with Crippen LogP contribution in [0.3, 0.4) is 0 Å². The lowest BCUT2D eigenvalue weighted by Crippen LogP contribution is -2.54. The van der Waals surface area contributed by atoms with Gasteiger partial charge in [0, 0.05) is 5.75 Å². The van der Waals surface area contributed by atoms with Gasteiger partial charge in [0.05, 0.1) is 23.1 Å². The molecule has 24 heavy (non-hydrogen) atoms. The molecule has 2 N–H and O–H groups in total. The number of para-hydroxylation sites is 1. The molecular formula is C17H19N3O3S. The molecule has 0 saturated carbocycles. The van der Waals surface area contributed by atoms with Crippen molar-refractivity contribution in [3.05, 3.63) is 47.3 Å². The maximum absolute atomic E-state index is 12.6. The maximum atomic E-state index is 12.6. The summed E-state index contributed by atoms with van der Waals surface area (Å²) in [5, 5.41) is 16.5. The molecule has 6 nitrogen and oxygen atoms in total. The van der Waals surface area contributed by atoms with E-state index in [0.29, 0.717) is 23.4 Å². The van der Waals surface area contributed by atoms with Crippen LogP contribution in [0.2, 0.25) is 0 Å². The van der Waals surface area contributed by atoms with Crippen molar-refractivity contribution >= 4 is 23.6 Å². The average molecular weight is 345 g/mol. The molecule has 1 aromatic carbocycles. The third-order valence-corrected chi connectivity index (χ3v) is 5.57. The van der Waals surface area contributed by atoms with E-state index in [2.05, 4.69) is 10.4 Å². The number of nitrogens with one attached hydrogen (secondary N) is 1. The summed E-state index contributed by atoms with van der Waals surface area (Å²) >= 11 is 1.54. The molecule has 0 spiro atoms. The van der Waals surface area contributed by atoms with Crippen LogP contribution in [-0.4, -0.2) is 43.8 Å². The summed E-state index contributed by atoms with van der Waals surface area (Å²) in [6.07, 6.45) is 1.93. The van der Waals surface area contributed by atoms with Gasteiger partial charge >= 0.3 is 5.97 Å². The Bertz CT molecular complexity index is 794. The zero-order valence-electron chi connectivity index (χ0n) is 13.6. The number of carbonyl (C=O) groups excluding carboxylic acids is 1. The van der Waals surface area contributed by atoms with E-state index in [1.165, 1.54) is 18.0 Å². The maximum Gasteiger partial charge on any atom is 0.330 e. The van der Waals surface area contributed by atoms with E-state index in [1.807, 2.05) is 38.1 Å². The summed E-state index contributed by atoms with van der Waals surface area (Å²) in [5.74, 6) is -0.255. The molecule has 1 amide bonds. The van der Waals surface area contributed by atoms with Crippen molar-refractivity contribution in [2.45, 2.75) is 25.8 Å². The van der Waals surface area contributed by atoms with Gasteiger partial charge in [0.1, 0.15) is 5.54 Å². The summed E-state index contributed by atoms with van der Waals surface area (Å²) in [4.78, 5) is 24.2. The van der Waals surface area contributed by atoms with Crippen LogP contribution >= 0.6 is 11.8 Å². The highest BCUT2D eigenvalue weighted by atomic mass is 32.2.